The second-order valence-electron chi connectivity index (χ2n) is 5.20. The Morgan fingerprint density at radius 3 is 2.64 bits per heavy atom. The molecule has 0 radical (unpaired) electrons. The minimum atomic E-state index is 0.862. The van der Waals surface area contributed by atoms with E-state index in [1.807, 2.05) is 36.4 Å². The van der Waals surface area contributed by atoms with Crippen molar-refractivity contribution in [3.8, 4) is 5.75 Å². The van der Waals surface area contributed by atoms with Crippen LogP contribution in [0.15, 0.2) is 54.9 Å². The number of aromatic nitrogens is 2. The maximum Gasteiger partial charge on any atom is 0.139 e. The molecule has 3 rings (SSSR count). The molecule has 4 heteroatoms. The molecule has 0 saturated carbocycles. The van der Waals surface area contributed by atoms with Crippen molar-refractivity contribution in [1.82, 2.24) is 9.97 Å². The van der Waals surface area contributed by atoms with Gasteiger partial charge in [-0.1, -0.05) is 30.3 Å². The summed E-state index contributed by atoms with van der Waals surface area (Å²) in [5.41, 5.74) is 2.17. The van der Waals surface area contributed by atoms with Crippen molar-refractivity contribution in [2.45, 2.75) is 6.42 Å². The Morgan fingerprint density at radius 2 is 1.77 bits per heavy atom. The molecule has 0 unspecified atom stereocenters. The second-order valence-corrected chi connectivity index (χ2v) is 5.20. The Morgan fingerprint density at radius 1 is 1.00 bits per heavy atom. The molecule has 0 aliphatic rings. The molecule has 0 amide bonds. The van der Waals surface area contributed by atoms with E-state index in [-0.39, 0.29) is 0 Å². The normalized spacial score (nSPS) is 10.6. The summed E-state index contributed by atoms with van der Waals surface area (Å²) >= 11 is 0. The van der Waals surface area contributed by atoms with Crippen LogP contribution in [0.5, 0.6) is 5.75 Å². The van der Waals surface area contributed by atoms with E-state index in [0.29, 0.717) is 0 Å². The van der Waals surface area contributed by atoms with Gasteiger partial charge in [-0.05, 0) is 30.2 Å². The van der Waals surface area contributed by atoms with Crippen molar-refractivity contribution in [1.29, 1.82) is 0 Å². The van der Waals surface area contributed by atoms with Gasteiger partial charge in [0.05, 0.1) is 12.6 Å². The number of rotatable bonds is 5. The third-order valence-corrected chi connectivity index (χ3v) is 3.79. The van der Waals surface area contributed by atoms with Crippen LogP contribution < -0.4 is 9.64 Å². The molecule has 1 heterocycles. The number of nitrogens with zero attached hydrogens (tertiary/aromatic N) is 3. The van der Waals surface area contributed by atoms with Crippen molar-refractivity contribution < 1.29 is 4.74 Å². The third kappa shape index (κ3) is 2.86. The average Bonchev–Trinajstić information content (AvgIpc) is 2.59. The van der Waals surface area contributed by atoms with Crippen LogP contribution in [0.1, 0.15) is 5.56 Å². The fourth-order valence-electron chi connectivity index (χ4n) is 2.60. The van der Waals surface area contributed by atoms with E-state index >= 15 is 0 Å². The smallest absolute Gasteiger partial charge is 0.139 e. The van der Waals surface area contributed by atoms with Crippen molar-refractivity contribution in [2.24, 2.45) is 0 Å². The lowest BCUT2D eigenvalue weighted by atomic mass is 10.1. The van der Waals surface area contributed by atoms with Gasteiger partial charge >= 0.3 is 0 Å². The van der Waals surface area contributed by atoms with Gasteiger partial charge in [0.1, 0.15) is 17.9 Å². The molecule has 0 aliphatic heterocycles. The standard InChI is InChI=1S/C18H19N3O/c1-21(12-11-14-7-3-6-10-17(14)22-2)18-15-8-4-5-9-16(15)19-13-20-18/h3-10,13H,11-12H2,1-2H3. The summed E-state index contributed by atoms with van der Waals surface area (Å²) in [6.07, 6.45) is 2.52. The summed E-state index contributed by atoms with van der Waals surface area (Å²) in [5.74, 6) is 1.89. The summed E-state index contributed by atoms with van der Waals surface area (Å²) < 4.78 is 5.41. The van der Waals surface area contributed by atoms with Gasteiger partial charge in [0, 0.05) is 19.0 Å². The lowest BCUT2D eigenvalue weighted by Crippen LogP contribution is -2.22. The van der Waals surface area contributed by atoms with Crippen LogP contribution in [-0.4, -0.2) is 30.7 Å². The van der Waals surface area contributed by atoms with E-state index in [9.17, 15) is 0 Å². The van der Waals surface area contributed by atoms with E-state index in [0.717, 1.165) is 35.4 Å². The molecule has 0 N–H and O–H groups in total. The van der Waals surface area contributed by atoms with Crippen molar-refractivity contribution in [3.05, 3.63) is 60.4 Å². The number of hydrogen-bond acceptors (Lipinski definition) is 4. The van der Waals surface area contributed by atoms with Crippen molar-refractivity contribution in [3.63, 3.8) is 0 Å². The number of fused-ring (bicyclic) bond motifs is 1. The number of anilines is 1. The molecule has 112 valence electrons. The lowest BCUT2D eigenvalue weighted by molar-refractivity contribution is 0.409. The molecule has 3 aromatic rings. The Balaban J connectivity index is 1.80. The van der Waals surface area contributed by atoms with E-state index in [2.05, 4.69) is 34.0 Å². The van der Waals surface area contributed by atoms with Gasteiger partial charge in [-0.15, -0.1) is 0 Å². The largest absolute Gasteiger partial charge is 0.496 e. The molecule has 0 spiro atoms. The van der Waals surface area contributed by atoms with Crippen LogP contribution in [0.25, 0.3) is 10.9 Å². The van der Waals surface area contributed by atoms with Gasteiger partial charge < -0.3 is 9.64 Å². The van der Waals surface area contributed by atoms with Crippen molar-refractivity contribution >= 4 is 16.7 Å². The van der Waals surface area contributed by atoms with Crippen LogP contribution in [-0.2, 0) is 6.42 Å². The Kier molecular flexibility index (Phi) is 4.19. The number of benzene rings is 2. The molecular formula is C18H19N3O. The van der Waals surface area contributed by atoms with Crippen LogP contribution in [0.3, 0.4) is 0 Å². The first-order valence-electron chi connectivity index (χ1n) is 7.32. The van der Waals surface area contributed by atoms with Gasteiger partial charge in [0.15, 0.2) is 0 Å². The zero-order valence-corrected chi connectivity index (χ0v) is 12.9. The number of hydrogen-bond donors (Lipinski definition) is 0. The van der Waals surface area contributed by atoms with Crippen LogP contribution >= 0.6 is 0 Å². The van der Waals surface area contributed by atoms with Gasteiger partial charge in [-0.2, -0.15) is 0 Å². The SMILES string of the molecule is COc1ccccc1CCN(C)c1ncnc2ccccc12. The molecule has 1 aromatic heterocycles. The number of ether oxygens (including phenoxy) is 1. The summed E-state index contributed by atoms with van der Waals surface area (Å²) in [4.78, 5) is 10.9. The quantitative estimate of drug-likeness (QED) is 0.723. The molecule has 0 bridgehead atoms. The molecule has 0 saturated heterocycles. The highest BCUT2D eigenvalue weighted by Gasteiger charge is 2.09. The van der Waals surface area contributed by atoms with Crippen LogP contribution in [0, 0.1) is 0 Å². The third-order valence-electron chi connectivity index (χ3n) is 3.79. The van der Waals surface area contributed by atoms with Crippen molar-refractivity contribution in [2.75, 3.05) is 25.6 Å². The maximum absolute atomic E-state index is 5.41. The summed E-state index contributed by atoms with van der Waals surface area (Å²) in [5, 5.41) is 1.08. The van der Waals surface area contributed by atoms with Gasteiger partial charge in [0.2, 0.25) is 0 Å². The number of para-hydroxylation sites is 2. The number of methoxy groups -OCH3 is 1. The van der Waals surface area contributed by atoms with E-state index in [1.54, 1.807) is 13.4 Å². The molecule has 0 atom stereocenters. The Labute approximate surface area is 130 Å². The zero-order valence-electron chi connectivity index (χ0n) is 12.9. The summed E-state index contributed by atoms with van der Waals surface area (Å²) in [6.45, 7) is 0.862. The predicted molar refractivity (Wildman–Crippen MR) is 89.5 cm³/mol. The molecule has 4 nitrogen and oxygen atoms in total. The number of likely N-dealkylation sites (N-methyl/N-ethyl adjacent to an activating group) is 1. The van der Waals surface area contributed by atoms with Gasteiger partial charge in [-0.25, -0.2) is 9.97 Å². The first-order chi connectivity index (χ1) is 10.8. The zero-order chi connectivity index (χ0) is 15.4. The fourth-order valence-corrected chi connectivity index (χ4v) is 2.60. The average molecular weight is 293 g/mol. The molecule has 2 aromatic carbocycles. The van der Waals surface area contributed by atoms with E-state index in [4.69, 9.17) is 4.74 Å². The lowest BCUT2D eigenvalue weighted by Gasteiger charge is -2.20. The Hall–Kier alpha value is -2.62. The first kappa shape index (κ1) is 14.3. The van der Waals surface area contributed by atoms with Crippen LogP contribution in [0.2, 0.25) is 0 Å². The van der Waals surface area contributed by atoms with E-state index in [1.165, 1.54) is 5.56 Å². The highest BCUT2D eigenvalue weighted by molar-refractivity contribution is 5.89. The minimum absolute atomic E-state index is 0.862. The van der Waals surface area contributed by atoms with Gasteiger partial charge in [-0.3, -0.25) is 0 Å². The molecule has 22 heavy (non-hydrogen) atoms. The first-order valence-corrected chi connectivity index (χ1v) is 7.32. The van der Waals surface area contributed by atoms with Gasteiger partial charge in [0.25, 0.3) is 0 Å². The maximum atomic E-state index is 5.41. The summed E-state index contributed by atoms with van der Waals surface area (Å²) in [7, 11) is 3.77. The predicted octanol–water partition coefficient (Wildman–Crippen LogP) is 3.32. The topological polar surface area (TPSA) is 38.2 Å². The highest BCUT2D eigenvalue weighted by Crippen LogP contribution is 2.23. The Bertz CT molecular complexity index is 768. The monoisotopic (exact) mass is 293 g/mol. The fraction of sp³-hybridized carbons (Fsp3) is 0.222. The van der Waals surface area contributed by atoms with E-state index < -0.39 is 0 Å². The molecule has 0 aliphatic carbocycles. The highest BCUT2D eigenvalue weighted by atomic mass is 16.5. The summed E-state index contributed by atoms with van der Waals surface area (Å²) in [6, 6.07) is 16.2. The molecule has 0 fully saturated rings. The molecular weight excluding hydrogens is 274 g/mol. The minimum Gasteiger partial charge on any atom is -0.496 e. The second kappa shape index (κ2) is 6.43. The van der Waals surface area contributed by atoms with Crippen LogP contribution in [0.4, 0.5) is 5.82 Å².